The molecule has 0 heterocycles. The van der Waals surface area contributed by atoms with E-state index in [1.54, 1.807) is 0 Å². The van der Waals surface area contributed by atoms with E-state index in [2.05, 4.69) is 22.5 Å². The minimum Gasteiger partial charge on any atom is -0.450 e. The Morgan fingerprint density at radius 1 is 1.14 bits per heavy atom. The van der Waals surface area contributed by atoms with Crippen LogP contribution in [-0.2, 0) is 9.47 Å². The maximum atomic E-state index is 11.6. The van der Waals surface area contributed by atoms with Gasteiger partial charge in [-0.3, -0.25) is 0 Å². The summed E-state index contributed by atoms with van der Waals surface area (Å²) in [7, 11) is 0. The third-order valence-electron chi connectivity index (χ3n) is 3.18. The fourth-order valence-corrected chi connectivity index (χ4v) is 1.93. The number of rotatable bonds is 7. The zero-order valence-corrected chi connectivity index (χ0v) is 13.3. The summed E-state index contributed by atoms with van der Waals surface area (Å²) >= 11 is 0. The van der Waals surface area contributed by atoms with Crippen LogP contribution in [0.15, 0.2) is 0 Å². The smallest absolute Gasteiger partial charge is 0.408 e. The van der Waals surface area contributed by atoms with E-state index in [4.69, 9.17) is 9.47 Å². The lowest BCUT2D eigenvalue weighted by molar-refractivity contribution is 0.117. The molecule has 0 aromatic carbocycles. The molecule has 0 radical (unpaired) electrons. The van der Waals surface area contributed by atoms with Gasteiger partial charge in [0.1, 0.15) is 0 Å². The summed E-state index contributed by atoms with van der Waals surface area (Å²) in [5, 5.41) is 5.15. The Morgan fingerprint density at radius 2 is 1.91 bits per heavy atom. The highest BCUT2D eigenvalue weighted by molar-refractivity contribution is 5.68. The predicted molar refractivity (Wildman–Crippen MR) is 83.4 cm³/mol. The second-order valence-electron chi connectivity index (χ2n) is 5.16. The van der Waals surface area contributed by atoms with Gasteiger partial charge in [-0.05, 0) is 25.7 Å². The van der Waals surface area contributed by atoms with Crippen molar-refractivity contribution in [2.24, 2.45) is 0 Å². The number of carbonyl (C=O) groups excluding carboxylic acids is 2. The van der Waals surface area contributed by atoms with Gasteiger partial charge in [0.25, 0.3) is 0 Å². The van der Waals surface area contributed by atoms with Gasteiger partial charge in [0, 0.05) is 19.5 Å². The Bertz CT molecular complexity index is 401. The molecule has 1 unspecified atom stereocenters. The Hall–Kier alpha value is -1.90. The van der Waals surface area contributed by atoms with Crippen LogP contribution in [0.1, 0.15) is 51.9 Å². The quantitative estimate of drug-likeness (QED) is 0.560. The number of hydrogen-bond donors (Lipinski definition) is 2. The first-order chi connectivity index (χ1) is 10.7. The van der Waals surface area contributed by atoms with E-state index >= 15 is 0 Å². The van der Waals surface area contributed by atoms with Gasteiger partial charge in [0.05, 0.1) is 6.61 Å². The summed E-state index contributed by atoms with van der Waals surface area (Å²) in [5.74, 6) is 5.99. The molecule has 22 heavy (non-hydrogen) atoms. The molecule has 0 spiro atoms. The average Bonchev–Trinajstić information content (AvgIpc) is 2.47. The van der Waals surface area contributed by atoms with Crippen molar-refractivity contribution in [2.75, 3.05) is 19.7 Å². The first kappa shape index (κ1) is 18.1. The summed E-state index contributed by atoms with van der Waals surface area (Å²) in [6.07, 6.45) is 5.45. The Balaban J connectivity index is 2.08. The number of ether oxygens (including phenoxy) is 2. The van der Waals surface area contributed by atoms with E-state index in [1.165, 1.54) is 0 Å². The summed E-state index contributed by atoms with van der Waals surface area (Å²) in [6.45, 7) is 3.04. The maximum absolute atomic E-state index is 11.6. The first-order valence-corrected chi connectivity index (χ1v) is 8.06. The monoisotopic (exact) mass is 310 g/mol. The molecule has 0 aromatic rings. The van der Waals surface area contributed by atoms with E-state index in [-0.39, 0.29) is 6.10 Å². The Labute approximate surface area is 132 Å². The van der Waals surface area contributed by atoms with Crippen molar-refractivity contribution in [3.63, 3.8) is 0 Å². The van der Waals surface area contributed by atoms with Crippen molar-refractivity contribution in [2.45, 2.75) is 58.0 Å². The standard InChI is InChI=1S/C16H26N2O4/c1-2-3-13-21-15(19)17-11-12-18-16(20)22-14-9-7-5-4-6-8-10-14/h14H,2-7,9,11-13H2,1H3,(H,17,19)(H,18,20). The van der Waals surface area contributed by atoms with Crippen molar-refractivity contribution in [3.8, 4) is 11.8 Å². The SMILES string of the molecule is CCCCOC(=O)NCCNC(=O)OC1C#CCCCCC1. The van der Waals surface area contributed by atoms with Crippen molar-refractivity contribution < 1.29 is 19.1 Å². The molecule has 124 valence electrons. The predicted octanol–water partition coefficient (Wildman–Crippen LogP) is 2.58. The summed E-state index contributed by atoms with van der Waals surface area (Å²) < 4.78 is 10.2. The number of hydrogen-bond acceptors (Lipinski definition) is 4. The third kappa shape index (κ3) is 9.11. The first-order valence-electron chi connectivity index (χ1n) is 8.06. The molecule has 1 atom stereocenters. The van der Waals surface area contributed by atoms with Gasteiger partial charge in [-0.15, -0.1) is 0 Å². The average molecular weight is 310 g/mol. The van der Waals surface area contributed by atoms with Gasteiger partial charge >= 0.3 is 12.2 Å². The van der Waals surface area contributed by atoms with E-state index < -0.39 is 12.2 Å². The number of amides is 2. The number of nitrogens with one attached hydrogen (secondary N) is 2. The summed E-state index contributed by atoms with van der Waals surface area (Å²) in [5.41, 5.74) is 0. The lowest BCUT2D eigenvalue weighted by Gasteiger charge is -2.14. The van der Waals surface area contributed by atoms with Gasteiger partial charge in [-0.25, -0.2) is 9.59 Å². The normalized spacial score (nSPS) is 17.2. The molecule has 1 aliphatic carbocycles. The zero-order valence-electron chi connectivity index (χ0n) is 13.3. The molecule has 0 aromatic heterocycles. The summed E-state index contributed by atoms with van der Waals surface area (Å²) in [4.78, 5) is 22.9. The molecule has 1 aliphatic rings. The van der Waals surface area contributed by atoms with E-state index in [0.717, 1.165) is 44.9 Å². The maximum Gasteiger partial charge on any atom is 0.408 e. The molecule has 1 rings (SSSR count). The molecular formula is C16H26N2O4. The molecule has 6 heteroatoms. The number of carbonyl (C=O) groups is 2. The van der Waals surface area contributed by atoms with Gasteiger partial charge in [-0.2, -0.15) is 0 Å². The van der Waals surface area contributed by atoms with Crippen molar-refractivity contribution >= 4 is 12.2 Å². The highest BCUT2D eigenvalue weighted by Crippen LogP contribution is 2.10. The minimum atomic E-state index is -0.499. The molecular weight excluding hydrogens is 284 g/mol. The van der Waals surface area contributed by atoms with Crippen LogP contribution in [0.5, 0.6) is 0 Å². The van der Waals surface area contributed by atoms with Crippen molar-refractivity contribution in [3.05, 3.63) is 0 Å². The molecule has 0 fully saturated rings. The van der Waals surface area contributed by atoms with Crippen molar-refractivity contribution in [1.29, 1.82) is 0 Å². The highest BCUT2D eigenvalue weighted by atomic mass is 16.6. The van der Waals surface area contributed by atoms with Gasteiger partial charge in [0.15, 0.2) is 6.10 Å². The van der Waals surface area contributed by atoms with E-state index in [9.17, 15) is 9.59 Å². The molecule has 0 saturated carbocycles. The second-order valence-corrected chi connectivity index (χ2v) is 5.16. The highest BCUT2D eigenvalue weighted by Gasteiger charge is 2.12. The van der Waals surface area contributed by atoms with E-state index in [1.807, 2.05) is 6.92 Å². The Morgan fingerprint density at radius 3 is 2.68 bits per heavy atom. The van der Waals surface area contributed by atoms with Crippen LogP contribution in [-0.4, -0.2) is 38.0 Å². The molecule has 0 aliphatic heterocycles. The van der Waals surface area contributed by atoms with Gasteiger partial charge in [-0.1, -0.05) is 31.6 Å². The van der Waals surface area contributed by atoms with Crippen molar-refractivity contribution in [1.82, 2.24) is 10.6 Å². The van der Waals surface area contributed by atoms with Crippen LogP contribution >= 0.6 is 0 Å². The van der Waals surface area contributed by atoms with Gasteiger partial charge < -0.3 is 20.1 Å². The van der Waals surface area contributed by atoms with Crippen LogP contribution in [0.3, 0.4) is 0 Å². The molecule has 0 saturated heterocycles. The van der Waals surface area contributed by atoms with Gasteiger partial charge in [0.2, 0.25) is 0 Å². The fraction of sp³-hybridized carbons (Fsp3) is 0.750. The molecule has 2 amide bonds. The lowest BCUT2D eigenvalue weighted by Crippen LogP contribution is -2.36. The number of alkyl carbamates (subject to hydrolysis) is 2. The topological polar surface area (TPSA) is 76.7 Å². The van der Waals surface area contributed by atoms with Crippen LogP contribution in [0, 0.1) is 11.8 Å². The van der Waals surface area contributed by atoms with Crippen LogP contribution in [0.4, 0.5) is 9.59 Å². The third-order valence-corrected chi connectivity index (χ3v) is 3.18. The molecule has 2 N–H and O–H groups in total. The molecule has 6 nitrogen and oxygen atoms in total. The van der Waals surface area contributed by atoms with Crippen LogP contribution < -0.4 is 10.6 Å². The molecule has 0 bridgehead atoms. The van der Waals surface area contributed by atoms with Crippen LogP contribution in [0.25, 0.3) is 0 Å². The summed E-state index contributed by atoms with van der Waals surface area (Å²) in [6, 6.07) is 0. The lowest BCUT2D eigenvalue weighted by atomic mass is 10.1. The zero-order chi connectivity index (χ0) is 16.0. The second kappa shape index (κ2) is 11.7. The minimum absolute atomic E-state index is 0.294. The number of unbranched alkanes of at least 4 members (excludes halogenated alkanes) is 1. The largest absolute Gasteiger partial charge is 0.450 e. The fourth-order valence-electron chi connectivity index (χ4n) is 1.93. The Kier molecular flexibility index (Phi) is 9.67. The van der Waals surface area contributed by atoms with E-state index in [0.29, 0.717) is 19.7 Å². The van der Waals surface area contributed by atoms with Crippen LogP contribution in [0.2, 0.25) is 0 Å².